The molecule has 6 heteroatoms. The quantitative estimate of drug-likeness (QED) is 0.483. The van der Waals surface area contributed by atoms with Crippen molar-refractivity contribution >= 4 is 17.1 Å². The van der Waals surface area contributed by atoms with Gasteiger partial charge < -0.3 is 15.8 Å². The predicted molar refractivity (Wildman–Crippen MR) is 82.4 cm³/mol. The average Bonchev–Trinajstić information content (AvgIpc) is 2.47. The maximum atomic E-state index is 11.1. The Morgan fingerprint density at radius 3 is 2.71 bits per heavy atom. The zero-order valence-corrected chi connectivity index (χ0v) is 11.7. The summed E-state index contributed by atoms with van der Waals surface area (Å²) in [6, 6.07) is 12.2. The highest BCUT2D eigenvalue weighted by molar-refractivity contribution is 5.64. The van der Waals surface area contributed by atoms with E-state index in [2.05, 4.69) is 5.32 Å². The molecule has 0 unspecified atom stereocenters. The van der Waals surface area contributed by atoms with E-state index in [1.165, 1.54) is 6.07 Å². The second kappa shape index (κ2) is 6.60. The molecule has 2 aromatic carbocycles. The third-order valence-electron chi connectivity index (χ3n) is 3.00. The van der Waals surface area contributed by atoms with Gasteiger partial charge in [-0.05, 0) is 30.7 Å². The van der Waals surface area contributed by atoms with Crippen LogP contribution >= 0.6 is 0 Å². The van der Waals surface area contributed by atoms with Gasteiger partial charge in [0.25, 0.3) is 5.69 Å². The zero-order valence-electron chi connectivity index (χ0n) is 11.7. The van der Waals surface area contributed by atoms with Gasteiger partial charge >= 0.3 is 0 Å². The molecule has 6 nitrogen and oxygen atoms in total. The van der Waals surface area contributed by atoms with E-state index in [0.717, 1.165) is 5.56 Å². The molecule has 2 aromatic rings. The number of nitrogens with one attached hydrogen (secondary N) is 1. The lowest BCUT2D eigenvalue weighted by atomic mass is 10.1. The van der Waals surface area contributed by atoms with Crippen LogP contribution in [0.5, 0.6) is 5.75 Å². The van der Waals surface area contributed by atoms with Crippen LogP contribution in [0.4, 0.5) is 17.1 Å². The molecule has 0 aliphatic carbocycles. The van der Waals surface area contributed by atoms with Gasteiger partial charge in [-0.3, -0.25) is 10.1 Å². The van der Waals surface area contributed by atoms with Crippen LogP contribution in [0.1, 0.15) is 12.5 Å². The first kappa shape index (κ1) is 14.6. The number of hydrogen-bond acceptors (Lipinski definition) is 5. The predicted octanol–water partition coefficient (Wildman–Crippen LogP) is 3.19. The normalized spacial score (nSPS) is 10.1. The molecule has 0 aliphatic rings. The summed E-state index contributed by atoms with van der Waals surface area (Å²) >= 11 is 0. The summed E-state index contributed by atoms with van der Waals surface area (Å²) in [6.45, 7) is 2.71. The Hall–Kier alpha value is -2.76. The van der Waals surface area contributed by atoms with Crippen molar-refractivity contribution < 1.29 is 9.66 Å². The summed E-state index contributed by atoms with van der Waals surface area (Å²) < 4.78 is 5.28. The number of benzene rings is 2. The number of nitro groups is 1. The fraction of sp³-hybridized carbons (Fsp3) is 0.200. The highest BCUT2D eigenvalue weighted by Crippen LogP contribution is 2.29. The third kappa shape index (κ3) is 3.62. The molecule has 0 aromatic heterocycles. The van der Waals surface area contributed by atoms with Gasteiger partial charge in [-0.2, -0.15) is 0 Å². The van der Waals surface area contributed by atoms with E-state index in [1.54, 1.807) is 18.2 Å². The van der Waals surface area contributed by atoms with Crippen LogP contribution in [0.25, 0.3) is 0 Å². The number of nitrogen functional groups attached to an aromatic ring is 1. The third-order valence-corrected chi connectivity index (χ3v) is 3.00. The number of rotatable bonds is 6. The molecule has 0 saturated carbocycles. The summed E-state index contributed by atoms with van der Waals surface area (Å²) in [6.07, 6.45) is 0. The molecule has 0 radical (unpaired) electrons. The molecule has 0 aliphatic heterocycles. The largest absolute Gasteiger partial charge is 0.494 e. The van der Waals surface area contributed by atoms with E-state index in [-0.39, 0.29) is 5.69 Å². The van der Waals surface area contributed by atoms with Crippen LogP contribution in [0, 0.1) is 10.1 Å². The number of nitrogens with zero attached hydrogens (tertiary/aromatic N) is 1. The molecule has 0 bridgehead atoms. The summed E-state index contributed by atoms with van der Waals surface area (Å²) in [7, 11) is 0. The van der Waals surface area contributed by atoms with Gasteiger partial charge in [0.05, 0.1) is 17.6 Å². The van der Waals surface area contributed by atoms with Gasteiger partial charge in [-0.15, -0.1) is 0 Å². The van der Waals surface area contributed by atoms with Crippen molar-refractivity contribution in [1.82, 2.24) is 0 Å². The molecular weight excluding hydrogens is 270 g/mol. The minimum atomic E-state index is -0.431. The van der Waals surface area contributed by atoms with E-state index >= 15 is 0 Å². The monoisotopic (exact) mass is 287 g/mol. The van der Waals surface area contributed by atoms with E-state index in [4.69, 9.17) is 10.5 Å². The van der Waals surface area contributed by atoms with Crippen molar-refractivity contribution in [3.8, 4) is 5.75 Å². The zero-order chi connectivity index (χ0) is 15.2. The first-order valence-corrected chi connectivity index (χ1v) is 6.60. The first-order valence-electron chi connectivity index (χ1n) is 6.60. The lowest BCUT2D eigenvalue weighted by Gasteiger charge is -2.10. The highest BCUT2D eigenvalue weighted by atomic mass is 16.6. The molecule has 0 atom stereocenters. The highest BCUT2D eigenvalue weighted by Gasteiger charge is 2.15. The van der Waals surface area contributed by atoms with Crippen molar-refractivity contribution in [2.75, 3.05) is 17.7 Å². The Morgan fingerprint density at radius 1 is 1.29 bits per heavy atom. The Balaban J connectivity index is 2.19. The van der Waals surface area contributed by atoms with E-state index in [1.807, 2.05) is 25.1 Å². The van der Waals surface area contributed by atoms with Crippen molar-refractivity contribution in [2.24, 2.45) is 0 Å². The standard InChI is InChI=1S/C15H17N3O3/c1-2-21-12-7-8-14(15(9-12)18(19)20)17-10-11-5-3-4-6-13(11)16/h3-9,17H,2,10,16H2,1H3. The average molecular weight is 287 g/mol. The van der Waals surface area contributed by atoms with Gasteiger partial charge in [0, 0.05) is 12.2 Å². The van der Waals surface area contributed by atoms with Gasteiger partial charge in [0.2, 0.25) is 0 Å². The van der Waals surface area contributed by atoms with Crippen LogP contribution in [0.3, 0.4) is 0 Å². The van der Waals surface area contributed by atoms with Crippen LogP contribution in [-0.2, 0) is 6.54 Å². The Bertz CT molecular complexity index is 644. The van der Waals surface area contributed by atoms with Crippen molar-refractivity contribution in [3.63, 3.8) is 0 Å². The van der Waals surface area contributed by atoms with Crippen molar-refractivity contribution in [1.29, 1.82) is 0 Å². The fourth-order valence-electron chi connectivity index (χ4n) is 1.95. The summed E-state index contributed by atoms with van der Waals surface area (Å²) in [4.78, 5) is 10.7. The number of nitro benzene ring substituents is 1. The van der Waals surface area contributed by atoms with Crippen LogP contribution in [-0.4, -0.2) is 11.5 Å². The van der Waals surface area contributed by atoms with E-state index < -0.39 is 4.92 Å². The molecule has 21 heavy (non-hydrogen) atoms. The van der Waals surface area contributed by atoms with Gasteiger partial charge in [0.15, 0.2) is 0 Å². The second-order valence-electron chi connectivity index (χ2n) is 4.42. The fourth-order valence-corrected chi connectivity index (χ4v) is 1.95. The Morgan fingerprint density at radius 2 is 2.05 bits per heavy atom. The van der Waals surface area contributed by atoms with Crippen molar-refractivity contribution in [3.05, 3.63) is 58.1 Å². The van der Waals surface area contributed by atoms with Crippen LogP contribution in [0.15, 0.2) is 42.5 Å². The lowest BCUT2D eigenvalue weighted by molar-refractivity contribution is -0.384. The molecular formula is C15H17N3O3. The maximum Gasteiger partial charge on any atom is 0.296 e. The van der Waals surface area contributed by atoms with Crippen LogP contribution < -0.4 is 15.8 Å². The Labute approximate surface area is 122 Å². The van der Waals surface area contributed by atoms with Crippen molar-refractivity contribution in [2.45, 2.75) is 13.5 Å². The van der Waals surface area contributed by atoms with Gasteiger partial charge in [-0.1, -0.05) is 18.2 Å². The number of ether oxygens (including phenoxy) is 1. The molecule has 0 spiro atoms. The number of anilines is 2. The smallest absolute Gasteiger partial charge is 0.296 e. The summed E-state index contributed by atoms with van der Waals surface area (Å²) in [5, 5.41) is 14.2. The minimum absolute atomic E-state index is 0.0181. The van der Waals surface area contributed by atoms with E-state index in [0.29, 0.717) is 30.3 Å². The molecule has 0 fully saturated rings. The molecule has 3 N–H and O–H groups in total. The molecule has 0 amide bonds. The number of para-hydroxylation sites is 1. The lowest BCUT2D eigenvalue weighted by Crippen LogP contribution is -2.05. The van der Waals surface area contributed by atoms with Gasteiger partial charge in [-0.25, -0.2) is 0 Å². The summed E-state index contributed by atoms with van der Waals surface area (Å²) in [5.74, 6) is 0.481. The second-order valence-corrected chi connectivity index (χ2v) is 4.42. The topological polar surface area (TPSA) is 90.4 Å². The molecule has 0 heterocycles. The molecule has 2 rings (SSSR count). The summed E-state index contributed by atoms with van der Waals surface area (Å²) in [5.41, 5.74) is 7.81. The van der Waals surface area contributed by atoms with Gasteiger partial charge in [0.1, 0.15) is 11.4 Å². The SMILES string of the molecule is CCOc1ccc(NCc2ccccc2N)c([N+](=O)[O-])c1. The van der Waals surface area contributed by atoms with E-state index in [9.17, 15) is 10.1 Å². The maximum absolute atomic E-state index is 11.1. The number of hydrogen-bond donors (Lipinski definition) is 2. The molecule has 110 valence electrons. The Kier molecular flexibility index (Phi) is 4.61. The molecule has 0 saturated heterocycles. The minimum Gasteiger partial charge on any atom is -0.494 e. The van der Waals surface area contributed by atoms with Crippen LogP contribution in [0.2, 0.25) is 0 Å². The first-order chi connectivity index (χ1) is 10.1. The number of nitrogens with two attached hydrogens (primary N) is 1.